The van der Waals surface area contributed by atoms with Gasteiger partial charge in [-0.15, -0.1) is 0 Å². The molecule has 0 atom stereocenters. The van der Waals surface area contributed by atoms with Crippen molar-refractivity contribution in [2.24, 2.45) is 0 Å². The second-order valence-corrected chi connectivity index (χ2v) is 6.04. The van der Waals surface area contributed by atoms with Crippen molar-refractivity contribution in [3.63, 3.8) is 0 Å². The number of nitrogens with one attached hydrogen (secondary N) is 2. The largest absolute Gasteiger partial charge is 0.467 e. The maximum absolute atomic E-state index is 12.6. The van der Waals surface area contributed by atoms with Crippen LogP contribution in [-0.4, -0.2) is 21.6 Å². The number of aromatic nitrogens is 2. The molecule has 2 N–H and O–H groups in total. The highest BCUT2D eigenvalue weighted by Gasteiger charge is 2.15. The lowest BCUT2D eigenvalue weighted by molar-refractivity contribution is 0.0949. The Morgan fingerprint density at radius 2 is 1.89 bits per heavy atom. The van der Waals surface area contributed by atoms with Crippen molar-refractivity contribution in [2.75, 3.05) is 5.32 Å². The fourth-order valence-electron chi connectivity index (χ4n) is 2.59. The molecule has 3 rings (SSSR count). The molecule has 0 saturated heterocycles. The molecule has 144 valence electrons. The number of hydrogen-bond acceptors (Lipinski definition) is 5. The lowest BCUT2D eigenvalue weighted by Gasteiger charge is -2.11. The van der Waals surface area contributed by atoms with Crippen molar-refractivity contribution in [1.29, 1.82) is 0 Å². The van der Waals surface area contributed by atoms with Crippen LogP contribution in [0.15, 0.2) is 64.0 Å². The van der Waals surface area contributed by atoms with Crippen LogP contribution in [0.2, 0.25) is 0 Å². The third-order valence-electron chi connectivity index (χ3n) is 3.96. The summed E-state index contributed by atoms with van der Waals surface area (Å²) in [7, 11) is 0. The smallest absolute Gasteiger partial charge is 0.276 e. The summed E-state index contributed by atoms with van der Waals surface area (Å²) in [4.78, 5) is 36.8. The fourth-order valence-corrected chi connectivity index (χ4v) is 2.59. The molecule has 2 amide bonds. The molecule has 0 radical (unpaired) electrons. The molecule has 0 saturated carbocycles. The molecule has 3 aromatic rings. The molecule has 0 fully saturated rings. The van der Waals surface area contributed by atoms with E-state index in [2.05, 4.69) is 15.7 Å². The summed E-state index contributed by atoms with van der Waals surface area (Å²) in [6, 6.07) is 12.8. The Morgan fingerprint density at radius 1 is 1.07 bits per heavy atom. The first-order valence-electron chi connectivity index (χ1n) is 8.87. The third kappa shape index (κ3) is 4.53. The minimum absolute atomic E-state index is 0.0962. The fraction of sp³-hybridized carbons (Fsp3) is 0.200. The van der Waals surface area contributed by atoms with Crippen LogP contribution in [0.3, 0.4) is 0 Å². The average Bonchev–Trinajstić information content (AvgIpc) is 3.22. The highest BCUT2D eigenvalue weighted by atomic mass is 16.3. The molecule has 0 unspecified atom stereocenters. The molecule has 0 bridgehead atoms. The van der Waals surface area contributed by atoms with Crippen LogP contribution in [0.5, 0.6) is 0 Å². The van der Waals surface area contributed by atoms with Gasteiger partial charge in [0.05, 0.1) is 24.1 Å². The predicted molar refractivity (Wildman–Crippen MR) is 103 cm³/mol. The molecule has 8 nitrogen and oxygen atoms in total. The Bertz CT molecular complexity index is 1020. The molecule has 1 aromatic carbocycles. The molecular formula is C20H20N4O4. The molecule has 8 heteroatoms. The van der Waals surface area contributed by atoms with Gasteiger partial charge >= 0.3 is 0 Å². The molecule has 2 aromatic heterocycles. The van der Waals surface area contributed by atoms with Crippen LogP contribution in [0.4, 0.5) is 5.69 Å². The van der Waals surface area contributed by atoms with E-state index in [0.717, 1.165) is 6.42 Å². The lowest BCUT2D eigenvalue weighted by Crippen LogP contribution is -2.27. The molecule has 2 heterocycles. The van der Waals surface area contributed by atoms with E-state index in [1.807, 2.05) is 6.92 Å². The zero-order valence-corrected chi connectivity index (χ0v) is 15.3. The van der Waals surface area contributed by atoms with Crippen molar-refractivity contribution in [2.45, 2.75) is 26.4 Å². The van der Waals surface area contributed by atoms with Gasteiger partial charge in [0.2, 0.25) is 0 Å². The number of furan rings is 1. The number of amides is 2. The van der Waals surface area contributed by atoms with Crippen molar-refractivity contribution in [3.05, 3.63) is 82.2 Å². The standard InChI is InChI=1S/C20H20N4O4/c1-2-11-24-18(25)10-9-17(23-24)20(27)22-16-8-4-3-7-15(16)19(26)21-13-14-6-5-12-28-14/h3-10,12H,2,11,13H2,1H3,(H,21,26)(H,22,27). The van der Waals surface area contributed by atoms with Gasteiger partial charge in [0, 0.05) is 12.6 Å². The molecule has 0 spiro atoms. The Hall–Kier alpha value is -3.68. The lowest BCUT2D eigenvalue weighted by atomic mass is 10.1. The molecule has 0 aliphatic heterocycles. The van der Waals surface area contributed by atoms with Gasteiger partial charge < -0.3 is 15.1 Å². The summed E-state index contributed by atoms with van der Waals surface area (Å²) in [5, 5.41) is 9.51. The zero-order chi connectivity index (χ0) is 19.9. The molecule has 0 aliphatic carbocycles. The van der Waals surface area contributed by atoms with Gasteiger partial charge in [0.25, 0.3) is 17.4 Å². The van der Waals surface area contributed by atoms with Crippen molar-refractivity contribution in [3.8, 4) is 0 Å². The highest BCUT2D eigenvalue weighted by Crippen LogP contribution is 2.16. The van der Waals surface area contributed by atoms with Crippen LogP contribution >= 0.6 is 0 Å². The van der Waals surface area contributed by atoms with E-state index >= 15 is 0 Å². The van der Waals surface area contributed by atoms with E-state index in [-0.39, 0.29) is 23.7 Å². The molecular weight excluding hydrogens is 360 g/mol. The van der Waals surface area contributed by atoms with E-state index in [1.165, 1.54) is 23.1 Å². The average molecular weight is 380 g/mol. The minimum Gasteiger partial charge on any atom is -0.467 e. The van der Waals surface area contributed by atoms with Crippen LogP contribution in [0, 0.1) is 0 Å². The number of nitrogens with zero attached hydrogens (tertiary/aromatic N) is 2. The Morgan fingerprint density at radius 3 is 2.64 bits per heavy atom. The summed E-state index contributed by atoms with van der Waals surface area (Å²) in [5.41, 5.74) is 0.485. The number of carbonyl (C=O) groups excluding carboxylic acids is 2. The first kappa shape index (κ1) is 19.1. The Labute approximate surface area is 161 Å². The van der Waals surface area contributed by atoms with E-state index < -0.39 is 5.91 Å². The van der Waals surface area contributed by atoms with E-state index in [9.17, 15) is 14.4 Å². The van der Waals surface area contributed by atoms with Crippen molar-refractivity contribution >= 4 is 17.5 Å². The first-order valence-corrected chi connectivity index (χ1v) is 8.87. The number of aryl methyl sites for hydroxylation is 1. The van der Waals surface area contributed by atoms with Gasteiger partial charge in [-0.05, 0) is 36.8 Å². The molecule has 0 aliphatic rings. The second kappa shape index (κ2) is 8.81. The number of para-hydroxylation sites is 1. The topological polar surface area (TPSA) is 106 Å². The van der Waals surface area contributed by atoms with Crippen LogP contribution < -0.4 is 16.2 Å². The predicted octanol–water partition coefficient (Wildman–Crippen LogP) is 2.43. The van der Waals surface area contributed by atoms with Crippen LogP contribution in [0.1, 0.15) is 40.0 Å². The number of anilines is 1. The monoisotopic (exact) mass is 380 g/mol. The third-order valence-corrected chi connectivity index (χ3v) is 3.96. The van der Waals surface area contributed by atoms with Crippen molar-refractivity contribution in [1.82, 2.24) is 15.1 Å². The summed E-state index contributed by atoms with van der Waals surface area (Å²) in [5.74, 6) is -0.232. The number of carbonyl (C=O) groups is 2. The van der Waals surface area contributed by atoms with Gasteiger partial charge in [-0.2, -0.15) is 5.10 Å². The van der Waals surface area contributed by atoms with Gasteiger partial charge in [-0.3, -0.25) is 14.4 Å². The SMILES string of the molecule is CCCn1nc(C(=O)Nc2ccccc2C(=O)NCc2ccco2)ccc1=O. The highest BCUT2D eigenvalue weighted by molar-refractivity contribution is 6.08. The first-order chi connectivity index (χ1) is 13.6. The normalized spacial score (nSPS) is 10.5. The minimum atomic E-state index is -0.504. The van der Waals surface area contributed by atoms with E-state index in [0.29, 0.717) is 23.6 Å². The number of benzene rings is 1. The summed E-state index contributed by atoms with van der Waals surface area (Å²) in [6.07, 6.45) is 2.25. The maximum Gasteiger partial charge on any atom is 0.276 e. The van der Waals surface area contributed by atoms with Gasteiger partial charge in [-0.1, -0.05) is 19.1 Å². The number of hydrogen-bond donors (Lipinski definition) is 2. The summed E-state index contributed by atoms with van der Waals surface area (Å²) in [6.45, 7) is 2.57. The number of rotatable bonds is 7. The van der Waals surface area contributed by atoms with Gasteiger partial charge in [0.15, 0.2) is 0 Å². The second-order valence-electron chi connectivity index (χ2n) is 6.04. The Balaban J connectivity index is 1.75. The van der Waals surface area contributed by atoms with Crippen LogP contribution in [-0.2, 0) is 13.1 Å². The van der Waals surface area contributed by atoms with Gasteiger partial charge in [0.1, 0.15) is 11.5 Å². The van der Waals surface area contributed by atoms with Crippen LogP contribution in [0.25, 0.3) is 0 Å². The zero-order valence-electron chi connectivity index (χ0n) is 15.3. The quantitative estimate of drug-likeness (QED) is 0.655. The summed E-state index contributed by atoms with van der Waals surface area (Å²) < 4.78 is 6.44. The summed E-state index contributed by atoms with van der Waals surface area (Å²) >= 11 is 0. The van der Waals surface area contributed by atoms with E-state index in [4.69, 9.17) is 4.42 Å². The van der Waals surface area contributed by atoms with Crippen molar-refractivity contribution < 1.29 is 14.0 Å². The molecule has 28 heavy (non-hydrogen) atoms. The Kier molecular flexibility index (Phi) is 6.01. The van der Waals surface area contributed by atoms with E-state index in [1.54, 1.807) is 36.4 Å². The maximum atomic E-state index is 12.6. The van der Waals surface area contributed by atoms with Gasteiger partial charge in [-0.25, -0.2) is 4.68 Å².